The van der Waals surface area contributed by atoms with Gasteiger partial charge in [0.2, 0.25) is 5.91 Å². The second-order valence-corrected chi connectivity index (χ2v) is 7.23. The number of nitrogens with one attached hydrogen (secondary N) is 1. The minimum absolute atomic E-state index is 0.0228. The molecule has 2 rings (SSSR count). The lowest BCUT2D eigenvalue weighted by molar-refractivity contribution is -0.119. The first kappa shape index (κ1) is 15.3. The topological polar surface area (TPSA) is 49.3 Å². The van der Waals surface area contributed by atoms with Gasteiger partial charge in [-0.1, -0.05) is 19.8 Å². The summed E-state index contributed by atoms with van der Waals surface area (Å²) in [7, 11) is 0. The van der Waals surface area contributed by atoms with Crippen LogP contribution < -0.4 is 5.32 Å². The Labute approximate surface area is 124 Å². The third-order valence-electron chi connectivity index (χ3n) is 3.94. The molecule has 2 atom stereocenters. The largest absolute Gasteiger partial charge is 0.394 e. The van der Waals surface area contributed by atoms with E-state index in [2.05, 4.69) is 12.2 Å². The number of aryl methyl sites for hydroxylation is 1. The van der Waals surface area contributed by atoms with Crippen LogP contribution in [-0.2, 0) is 4.79 Å². The zero-order chi connectivity index (χ0) is 14.6. The number of thiophene rings is 1. The summed E-state index contributed by atoms with van der Waals surface area (Å²) in [5, 5.41) is 12.7. The van der Waals surface area contributed by atoms with E-state index in [4.69, 9.17) is 0 Å². The Morgan fingerprint density at radius 2 is 2.40 bits per heavy atom. The van der Waals surface area contributed by atoms with Crippen molar-refractivity contribution >= 4 is 23.3 Å². The van der Waals surface area contributed by atoms with E-state index in [0.717, 1.165) is 24.1 Å². The van der Waals surface area contributed by atoms with Crippen molar-refractivity contribution in [3.8, 4) is 0 Å². The van der Waals surface area contributed by atoms with Gasteiger partial charge >= 0.3 is 0 Å². The average molecular weight is 293 g/mol. The smallest absolute Gasteiger partial charge is 0.244 e. The fourth-order valence-corrected chi connectivity index (χ4v) is 3.74. The Bertz CT molecular complexity index is 494. The van der Waals surface area contributed by atoms with Gasteiger partial charge in [0.1, 0.15) is 0 Å². The molecule has 0 bridgehead atoms. The predicted molar refractivity (Wildman–Crippen MR) is 83.7 cm³/mol. The number of rotatable bonds is 4. The van der Waals surface area contributed by atoms with Gasteiger partial charge in [0.25, 0.3) is 0 Å². The van der Waals surface area contributed by atoms with Crippen molar-refractivity contribution in [3.05, 3.63) is 28.0 Å². The van der Waals surface area contributed by atoms with Crippen LogP contribution in [0.25, 0.3) is 6.08 Å². The van der Waals surface area contributed by atoms with Crippen LogP contribution in [0, 0.1) is 12.8 Å². The highest BCUT2D eigenvalue weighted by atomic mass is 32.1. The number of carbonyl (C=O) groups excluding carboxylic acids is 1. The molecule has 0 radical (unpaired) electrons. The van der Waals surface area contributed by atoms with E-state index in [0.29, 0.717) is 5.92 Å². The highest BCUT2D eigenvalue weighted by Crippen LogP contribution is 2.32. The number of amides is 1. The molecule has 0 saturated heterocycles. The van der Waals surface area contributed by atoms with Gasteiger partial charge in [-0.25, -0.2) is 0 Å². The van der Waals surface area contributed by atoms with Gasteiger partial charge in [-0.05, 0) is 43.9 Å². The van der Waals surface area contributed by atoms with Crippen LogP contribution in [0.5, 0.6) is 0 Å². The molecule has 0 spiro atoms. The van der Waals surface area contributed by atoms with Crippen LogP contribution in [-0.4, -0.2) is 23.2 Å². The molecule has 20 heavy (non-hydrogen) atoms. The summed E-state index contributed by atoms with van der Waals surface area (Å²) in [4.78, 5) is 14.4. The molecule has 1 saturated carbocycles. The van der Waals surface area contributed by atoms with E-state index in [-0.39, 0.29) is 12.5 Å². The minimum atomic E-state index is -0.426. The van der Waals surface area contributed by atoms with Gasteiger partial charge in [-0.2, -0.15) is 0 Å². The summed E-state index contributed by atoms with van der Waals surface area (Å²) < 4.78 is 0. The number of aliphatic hydroxyl groups excluding tert-OH is 1. The van der Waals surface area contributed by atoms with Crippen LogP contribution in [0.3, 0.4) is 0 Å². The van der Waals surface area contributed by atoms with Crippen molar-refractivity contribution < 1.29 is 9.90 Å². The Morgan fingerprint density at radius 3 is 3.00 bits per heavy atom. The number of carbonyl (C=O) groups is 1. The highest BCUT2D eigenvalue weighted by molar-refractivity contribution is 7.12. The molecule has 110 valence electrons. The molecule has 1 amide bonds. The van der Waals surface area contributed by atoms with E-state index in [9.17, 15) is 9.90 Å². The number of hydrogen-bond acceptors (Lipinski definition) is 3. The third-order valence-corrected chi connectivity index (χ3v) is 4.91. The number of hydrogen-bond donors (Lipinski definition) is 2. The maximum absolute atomic E-state index is 12.1. The van der Waals surface area contributed by atoms with Crippen LogP contribution in [0.1, 0.15) is 42.4 Å². The fraction of sp³-hybridized carbons (Fsp3) is 0.562. The summed E-state index contributed by atoms with van der Waals surface area (Å²) in [6.07, 6.45) is 7.39. The van der Waals surface area contributed by atoms with Crippen molar-refractivity contribution in [3.63, 3.8) is 0 Å². The van der Waals surface area contributed by atoms with Crippen LogP contribution in [0.4, 0.5) is 0 Å². The van der Waals surface area contributed by atoms with Crippen LogP contribution in [0.2, 0.25) is 0 Å². The van der Waals surface area contributed by atoms with E-state index in [1.54, 1.807) is 17.4 Å². The third kappa shape index (κ3) is 3.93. The van der Waals surface area contributed by atoms with Crippen molar-refractivity contribution in [2.45, 2.75) is 45.1 Å². The summed E-state index contributed by atoms with van der Waals surface area (Å²) in [5.41, 5.74) is -0.426. The molecule has 0 aliphatic heterocycles. The van der Waals surface area contributed by atoms with Crippen molar-refractivity contribution in [1.29, 1.82) is 0 Å². The first-order valence-corrected chi connectivity index (χ1v) is 8.02. The first-order chi connectivity index (χ1) is 9.53. The molecule has 1 aliphatic rings. The molecule has 1 fully saturated rings. The molecule has 1 aromatic heterocycles. The summed E-state index contributed by atoms with van der Waals surface area (Å²) in [6, 6.07) is 4.05. The Hall–Kier alpha value is -1.13. The quantitative estimate of drug-likeness (QED) is 0.838. The maximum Gasteiger partial charge on any atom is 0.244 e. The second-order valence-electron chi connectivity index (χ2n) is 5.91. The minimum Gasteiger partial charge on any atom is -0.394 e. The van der Waals surface area contributed by atoms with E-state index in [1.165, 1.54) is 11.3 Å². The number of aliphatic hydroxyl groups is 1. The molecule has 2 N–H and O–H groups in total. The lowest BCUT2D eigenvalue weighted by atomic mass is 9.77. The lowest BCUT2D eigenvalue weighted by Gasteiger charge is -2.39. The molecule has 0 aromatic carbocycles. The van der Waals surface area contributed by atoms with E-state index < -0.39 is 5.54 Å². The monoisotopic (exact) mass is 293 g/mol. The zero-order valence-corrected chi connectivity index (χ0v) is 13.0. The standard InChI is InChI=1S/C16H23NO2S/c1-12-4-3-9-16(10-12,11-18)17-15(19)8-7-14-6-5-13(2)20-14/h5-8,12,18H,3-4,9-11H2,1-2H3,(H,17,19). The Kier molecular flexibility index (Phi) is 5.00. The fourth-order valence-electron chi connectivity index (χ4n) is 2.96. The Balaban J connectivity index is 1.97. The van der Waals surface area contributed by atoms with Gasteiger partial charge in [0, 0.05) is 15.8 Å². The molecule has 2 unspecified atom stereocenters. The molecule has 4 heteroatoms. The molecular formula is C16H23NO2S. The average Bonchev–Trinajstić information content (AvgIpc) is 2.82. The molecule has 1 aliphatic carbocycles. The molecule has 3 nitrogen and oxygen atoms in total. The zero-order valence-electron chi connectivity index (χ0n) is 12.2. The van der Waals surface area contributed by atoms with E-state index in [1.807, 2.05) is 25.1 Å². The van der Waals surface area contributed by atoms with E-state index >= 15 is 0 Å². The maximum atomic E-state index is 12.1. The van der Waals surface area contributed by atoms with Gasteiger partial charge in [-0.3, -0.25) is 4.79 Å². The van der Waals surface area contributed by atoms with Crippen LogP contribution >= 0.6 is 11.3 Å². The van der Waals surface area contributed by atoms with Gasteiger partial charge in [0.05, 0.1) is 12.1 Å². The first-order valence-electron chi connectivity index (χ1n) is 7.20. The molecule has 1 heterocycles. The SMILES string of the molecule is Cc1ccc(C=CC(=O)NC2(CO)CCCC(C)C2)s1. The summed E-state index contributed by atoms with van der Waals surface area (Å²) in [6.45, 7) is 4.25. The highest BCUT2D eigenvalue weighted by Gasteiger charge is 2.35. The second kappa shape index (κ2) is 6.55. The normalized spacial score (nSPS) is 26.9. The van der Waals surface area contributed by atoms with Crippen molar-refractivity contribution in [2.75, 3.05) is 6.61 Å². The van der Waals surface area contributed by atoms with Crippen molar-refractivity contribution in [1.82, 2.24) is 5.32 Å². The Morgan fingerprint density at radius 1 is 1.60 bits per heavy atom. The molecular weight excluding hydrogens is 270 g/mol. The predicted octanol–water partition coefficient (Wildman–Crippen LogP) is 3.13. The van der Waals surface area contributed by atoms with Crippen LogP contribution in [0.15, 0.2) is 18.2 Å². The lowest BCUT2D eigenvalue weighted by Crippen LogP contribution is -2.53. The summed E-state index contributed by atoms with van der Waals surface area (Å²) in [5.74, 6) is 0.444. The van der Waals surface area contributed by atoms with Gasteiger partial charge < -0.3 is 10.4 Å². The summed E-state index contributed by atoms with van der Waals surface area (Å²) >= 11 is 1.66. The van der Waals surface area contributed by atoms with Gasteiger partial charge in [-0.15, -0.1) is 11.3 Å². The van der Waals surface area contributed by atoms with Gasteiger partial charge in [0.15, 0.2) is 0 Å². The molecule has 1 aromatic rings. The van der Waals surface area contributed by atoms with Crippen molar-refractivity contribution in [2.24, 2.45) is 5.92 Å².